The third-order valence-corrected chi connectivity index (χ3v) is 6.36. The molecule has 0 radical (unpaired) electrons. The van der Waals surface area contributed by atoms with Crippen molar-refractivity contribution in [2.45, 2.75) is 32.6 Å². The van der Waals surface area contributed by atoms with Gasteiger partial charge < -0.3 is 20.3 Å². The van der Waals surface area contributed by atoms with E-state index < -0.39 is 11.9 Å². The molecule has 9 nitrogen and oxygen atoms in total. The molecule has 0 aliphatic carbocycles. The van der Waals surface area contributed by atoms with Gasteiger partial charge in [-0.25, -0.2) is 14.4 Å². The van der Waals surface area contributed by atoms with Gasteiger partial charge >= 0.3 is 17.9 Å². The van der Waals surface area contributed by atoms with Crippen LogP contribution in [0.2, 0.25) is 0 Å². The lowest BCUT2D eigenvalue weighted by molar-refractivity contribution is -0.159. The lowest BCUT2D eigenvalue weighted by atomic mass is 10.1. The summed E-state index contributed by atoms with van der Waals surface area (Å²) in [4.78, 5) is 46.4. The van der Waals surface area contributed by atoms with Crippen molar-refractivity contribution < 1.29 is 34.1 Å². The first-order chi connectivity index (χ1) is 15.3. The summed E-state index contributed by atoms with van der Waals surface area (Å²) in [5.74, 6) is -4.11. The number of carbonyl (C=O) groups is 4. The molecule has 174 valence electrons. The highest BCUT2D eigenvalue weighted by Crippen LogP contribution is 2.38. The Morgan fingerprint density at radius 3 is 2.25 bits per heavy atom. The van der Waals surface area contributed by atoms with Crippen LogP contribution in [0.3, 0.4) is 0 Å². The lowest BCUT2D eigenvalue weighted by Crippen LogP contribution is -2.34. The van der Waals surface area contributed by atoms with Crippen LogP contribution in [0, 0.1) is 0 Å². The van der Waals surface area contributed by atoms with Gasteiger partial charge in [0.1, 0.15) is 10.6 Å². The molecule has 1 saturated heterocycles. The molecule has 32 heavy (non-hydrogen) atoms. The number of nitrogens with zero attached hydrogens (tertiary/aromatic N) is 1. The Bertz CT molecular complexity index is 905. The Morgan fingerprint density at radius 2 is 1.72 bits per heavy atom. The smallest absolute Gasteiger partial charge is 0.414 e. The van der Waals surface area contributed by atoms with E-state index in [1.807, 2.05) is 22.9 Å². The molecule has 11 heteroatoms. The number of ether oxygens (including phenoxy) is 1. The standard InChI is InChI=1S/C19H24N2O3S2.C2H2O4/c1-2-24-19(23)17-14(15-8-7-11-25-15)13-26-18(17)20-16(22)12-21-9-5-3-4-6-10-21;3-1(4)2(5)6/h7-8,11,13H,2-6,9-10,12H2,1H3,(H,20,22);(H,3,4)(H,5,6). The van der Waals surface area contributed by atoms with E-state index >= 15 is 0 Å². The number of anilines is 1. The van der Waals surface area contributed by atoms with Crippen molar-refractivity contribution in [3.05, 3.63) is 28.5 Å². The van der Waals surface area contributed by atoms with Crippen LogP contribution >= 0.6 is 22.7 Å². The second kappa shape index (κ2) is 12.9. The van der Waals surface area contributed by atoms with Gasteiger partial charge in [-0.15, -0.1) is 22.7 Å². The number of aliphatic carboxylic acids is 2. The van der Waals surface area contributed by atoms with Crippen molar-refractivity contribution in [3.8, 4) is 10.4 Å². The van der Waals surface area contributed by atoms with Crippen molar-refractivity contribution in [2.24, 2.45) is 0 Å². The summed E-state index contributed by atoms with van der Waals surface area (Å²) >= 11 is 2.95. The summed E-state index contributed by atoms with van der Waals surface area (Å²) in [6.45, 7) is 4.38. The highest BCUT2D eigenvalue weighted by atomic mass is 32.1. The number of amides is 1. The highest BCUT2D eigenvalue weighted by molar-refractivity contribution is 7.17. The van der Waals surface area contributed by atoms with Gasteiger partial charge in [-0.05, 0) is 44.3 Å². The molecule has 3 N–H and O–H groups in total. The minimum Gasteiger partial charge on any atom is -0.473 e. The number of likely N-dealkylation sites (tertiary alicyclic amines) is 1. The molecule has 1 fully saturated rings. The van der Waals surface area contributed by atoms with Gasteiger partial charge in [-0.3, -0.25) is 9.69 Å². The Morgan fingerprint density at radius 1 is 1.06 bits per heavy atom. The summed E-state index contributed by atoms with van der Waals surface area (Å²) in [6.07, 6.45) is 4.76. The number of hydrogen-bond donors (Lipinski definition) is 3. The monoisotopic (exact) mass is 482 g/mol. The predicted molar refractivity (Wildman–Crippen MR) is 122 cm³/mol. The van der Waals surface area contributed by atoms with Gasteiger partial charge in [-0.1, -0.05) is 18.9 Å². The van der Waals surface area contributed by atoms with E-state index in [-0.39, 0.29) is 11.9 Å². The molecule has 1 amide bonds. The normalized spacial score (nSPS) is 13.9. The molecule has 0 atom stereocenters. The molecular weight excluding hydrogens is 456 g/mol. The topological polar surface area (TPSA) is 133 Å². The van der Waals surface area contributed by atoms with Crippen molar-refractivity contribution in [1.82, 2.24) is 4.90 Å². The number of thiophene rings is 2. The third-order valence-electron chi connectivity index (χ3n) is 4.56. The molecule has 0 aromatic carbocycles. The van der Waals surface area contributed by atoms with Crippen LogP contribution in [0.5, 0.6) is 0 Å². The van der Waals surface area contributed by atoms with Gasteiger partial charge in [0, 0.05) is 15.8 Å². The Kier molecular flexibility index (Phi) is 10.3. The molecule has 1 aliphatic heterocycles. The zero-order chi connectivity index (χ0) is 23.5. The summed E-state index contributed by atoms with van der Waals surface area (Å²) in [5.41, 5.74) is 1.29. The van der Waals surface area contributed by atoms with Crippen molar-refractivity contribution >= 4 is 51.5 Å². The summed E-state index contributed by atoms with van der Waals surface area (Å²) in [6, 6.07) is 3.92. The number of carboxylic acids is 2. The van der Waals surface area contributed by atoms with Gasteiger partial charge in [0.05, 0.1) is 13.2 Å². The Balaban J connectivity index is 0.000000534. The molecule has 0 bridgehead atoms. The van der Waals surface area contributed by atoms with Gasteiger partial charge in [-0.2, -0.15) is 0 Å². The maximum Gasteiger partial charge on any atom is 0.414 e. The van der Waals surface area contributed by atoms with Crippen LogP contribution in [0.15, 0.2) is 22.9 Å². The molecule has 1 aliphatic rings. The van der Waals surface area contributed by atoms with Gasteiger partial charge in [0.15, 0.2) is 0 Å². The number of hydrogen-bond acceptors (Lipinski definition) is 8. The molecule has 0 saturated carbocycles. The SMILES string of the molecule is CCOC(=O)c1c(-c2cccs2)csc1NC(=O)CN1CCCCCC1.O=C(O)C(=O)O. The van der Waals surface area contributed by atoms with E-state index in [2.05, 4.69) is 10.2 Å². The zero-order valence-corrected chi connectivity index (χ0v) is 19.3. The van der Waals surface area contributed by atoms with Crippen LogP contribution in [0.25, 0.3) is 10.4 Å². The van der Waals surface area contributed by atoms with Crippen molar-refractivity contribution in [3.63, 3.8) is 0 Å². The number of rotatable bonds is 6. The first-order valence-corrected chi connectivity index (χ1v) is 11.9. The largest absolute Gasteiger partial charge is 0.473 e. The van der Waals surface area contributed by atoms with Crippen molar-refractivity contribution in [1.29, 1.82) is 0 Å². The van der Waals surface area contributed by atoms with Crippen LogP contribution < -0.4 is 5.32 Å². The zero-order valence-electron chi connectivity index (χ0n) is 17.7. The number of nitrogens with one attached hydrogen (secondary N) is 1. The first kappa shape index (κ1) is 25.5. The van der Waals surface area contributed by atoms with Crippen LogP contribution in [-0.4, -0.2) is 65.2 Å². The summed E-state index contributed by atoms with van der Waals surface area (Å²) in [5, 5.41) is 22.2. The second-order valence-electron chi connectivity index (χ2n) is 6.90. The maximum absolute atomic E-state index is 12.5. The van der Waals surface area contributed by atoms with Crippen LogP contribution in [0.4, 0.5) is 5.00 Å². The summed E-state index contributed by atoms with van der Waals surface area (Å²) in [7, 11) is 0. The maximum atomic E-state index is 12.5. The van der Waals surface area contributed by atoms with E-state index in [1.54, 1.807) is 18.3 Å². The van der Waals surface area contributed by atoms with E-state index in [4.69, 9.17) is 24.5 Å². The number of esters is 1. The number of carbonyl (C=O) groups excluding carboxylic acids is 2. The first-order valence-electron chi connectivity index (χ1n) is 10.1. The van der Waals surface area contributed by atoms with E-state index in [1.165, 1.54) is 24.2 Å². The van der Waals surface area contributed by atoms with E-state index in [9.17, 15) is 9.59 Å². The average Bonchev–Trinajstić information content (AvgIpc) is 3.34. The van der Waals surface area contributed by atoms with Crippen molar-refractivity contribution in [2.75, 3.05) is 31.6 Å². The fourth-order valence-corrected chi connectivity index (χ4v) is 4.92. The van der Waals surface area contributed by atoms with E-state index in [0.29, 0.717) is 23.7 Å². The van der Waals surface area contributed by atoms with Crippen LogP contribution in [0.1, 0.15) is 43.0 Å². The lowest BCUT2D eigenvalue weighted by Gasteiger charge is -2.18. The highest BCUT2D eigenvalue weighted by Gasteiger charge is 2.24. The molecule has 2 aromatic heterocycles. The molecule has 2 aromatic rings. The molecule has 3 rings (SSSR count). The average molecular weight is 483 g/mol. The van der Waals surface area contributed by atoms with E-state index in [0.717, 1.165) is 36.4 Å². The third kappa shape index (κ3) is 7.74. The minimum absolute atomic E-state index is 0.0722. The fourth-order valence-electron chi connectivity index (χ4n) is 3.13. The summed E-state index contributed by atoms with van der Waals surface area (Å²) < 4.78 is 5.22. The van der Waals surface area contributed by atoms with Crippen LogP contribution in [-0.2, 0) is 19.1 Å². The number of carboxylic acid groups (broad SMARTS) is 2. The van der Waals surface area contributed by atoms with Gasteiger partial charge in [0.2, 0.25) is 5.91 Å². The molecule has 3 heterocycles. The molecule has 0 unspecified atom stereocenters. The minimum atomic E-state index is -1.82. The predicted octanol–water partition coefficient (Wildman–Crippen LogP) is 3.62. The fraction of sp³-hybridized carbons (Fsp3) is 0.429. The Hall–Kier alpha value is -2.76. The quantitative estimate of drug-likeness (QED) is 0.420. The molecular formula is C21H26N2O7S2. The van der Waals surface area contributed by atoms with Gasteiger partial charge in [0.25, 0.3) is 0 Å². The second-order valence-corrected chi connectivity index (χ2v) is 8.73. The molecule has 0 spiro atoms. The Labute approximate surface area is 193 Å².